The van der Waals surface area contributed by atoms with Crippen molar-refractivity contribution in [1.82, 2.24) is 9.78 Å². The summed E-state index contributed by atoms with van der Waals surface area (Å²) in [6, 6.07) is 7.22. The van der Waals surface area contributed by atoms with Gasteiger partial charge < -0.3 is 5.11 Å². The molecule has 3 heteroatoms. The normalized spacial score (nSPS) is 10.6. The molecule has 1 heterocycles. The van der Waals surface area contributed by atoms with Crippen molar-refractivity contribution in [3.05, 3.63) is 41.2 Å². The number of nitrogens with zero attached hydrogens (tertiary/aromatic N) is 2. The number of hydrogen-bond acceptors (Lipinski definition) is 2. The fraction of sp³-hybridized carbons (Fsp3) is 0.250. The highest BCUT2D eigenvalue weighted by atomic mass is 16.3. The molecular formula is C12H14N2O. The third-order valence-electron chi connectivity index (χ3n) is 2.76. The topological polar surface area (TPSA) is 38.0 Å². The molecule has 1 aromatic carbocycles. The summed E-state index contributed by atoms with van der Waals surface area (Å²) in [6.07, 6.45) is 0. The lowest BCUT2D eigenvalue weighted by Crippen LogP contribution is -1.99. The Bertz CT molecular complexity index is 500. The molecule has 0 aliphatic heterocycles. The molecule has 3 nitrogen and oxygen atoms in total. The van der Waals surface area contributed by atoms with Crippen LogP contribution in [0.5, 0.6) is 5.75 Å². The van der Waals surface area contributed by atoms with Gasteiger partial charge in [0.05, 0.1) is 5.69 Å². The van der Waals surface area contributed by atoms with E-state index in [0.717, 1.165) is 17.1 Å². The quantitative estimate of drug-likeness (QED) is 0.771. The van der Waals surface area contributed by atoms with Gasteiger partial charge in [0.2, 0.25) is 0 Å². The number of rotatable bonds is 1. The molecule has 0 unspecified atom stereocenters. The molecule has 0 aliphatic carbocycles. The SMILES string of the molecule is Cc1nn(-c2ccccc2O)c(C)c1C. The highest BCUT2D eigenvalue weighted by Gasteiger charge is 2.10. The Balaban J connectivity index is 2.65. The summed E-state index contributed by atoms with van der Waals surface area (Å²) in [5.41, 5.74) is 3.95. The van der Waals surface area contributed by atoms with Crippen molar-refractivity contribution in [2.45, 2.75) is 20.8 Å². The fourth-order valence-corrected chi connectivity index (χ4v) is 1.60. The first kappa shape index (κ1) is 9.77. The molecule has 0 fully saturated rings. The van der Waals surface area contributed by atoms with E-state index in [4.69, 9.17) is 0 Å². The van der Waals surface area contributed by atoms with Crippen molar-refractivity contribution < 1.29 is 5.11 Å². The molecule has 0 atom stereocenters. The van der Waals surface area contributed by atoms with E-state index < -0.39 is 0 Å². The molecule has 0 amide bonds. The Morgan fingerprint density at radius 3 is 2.33 bits per heavy atom. The standard InChI is InChI=1S/C12H14N2O/c1-8-9(2)13-14(10(8)3)11-6-4-5-7-12(11)15/h4-7,15H,1-3H3. The molecular weight excluding hydrogens is 188 g/mol. The number of phenols is 1. The molecule has 15 heavy (non-hydrogen) atoms. The van der Waals surface area contributed by atoms with Crippen LogP contribution < -0.4 is 0 Å². The van der Waals surface area contributed by atoms with Gasteiger partial charge in [0, 0.05) is 5.69 Å². The van der Waals surface area contributed by atoms with Gasteiger partial charge in [0.15, 0.2) is 0 Å². The lowest BCUT2D eigenvalue weighted by Gasteiger charge is -2.06. The molecule has 1 aromatic heterocycles. The zero-order valence-electron chi connectivity index (χ0n) is 9.15. The predicted molar refractivity (Wildman–Crippen MR) is 59.4 cm³/mol. The van der Waals surface area contributed by atoms with Crippen LogP contribution in [0.3, 0.4) is 0 Å². The maximum Gasteiger partial charge on any atom is 0.141 e. The summed E-state index contributed by atoms with van der Waals surface area (Å²) in [5, 5.41) is 14.1. The smallest absolute Gasteiger partial charge is 0.141 e. The molecule has 0 bridgehead atoms. The van der Waals surface area contributed by atoms with Crippen LogP contribution in [0.1, 0.15) is 17.0 Å². The molecule has 0 saturated heterocycles. The molecule has 0 spiro atoms. The second-order valence-corrected chi connectivity index (χ2v) is 3.70. The van der Waals surface area contributed by atoms with Gasteiger partial charge in [-0.25, -0.2) is 4.68 Å². The molecule has 2 aromatic rings. The third kappa shape index (κ3) is 1.50. The average molecular weight is 202 g/mol. The van der Waals surface area contributed by atoms with E-state index in [1.54, 1.807) is 16.8 Å². The summed E-state index contributed by atoms with van der Waals surface area (Å²) in [7, 11) is 0. The number of benzene rings is 1. The van der Waals surface area contributed by atoms with Crippen molar-refractivity contribution in [1.29, 1.82) is 0 Å². The zero-order chi connectivity index (χ0) is 11.0. The third-order valence-corrected chi connectivity index (χ3v) is 2.76. The number of para-hydroxylation sites is 2. The summed E-state index contributed by atoms with van der Waals surface area (Å²) >= 11 is 0. The van der Waals surface area contributed by atoms with Crippen LogP contribution in [0.25, 0.3) is 5.69 Å². The van der Waals surface area contributed by atoms with E-state index in [0.29, 0.717) is 0 Å². The van der Waals surface area contributed by atoms with Gasteiger partial charge in [0.1, 0.15) is 11.4 Å². The number of aryl methyl sites for hydroxylation is 1. The van der Waals surface area contributed by atoms with Gasteiger partial charge in [-0.2, -0.15) is 5.10 Å². The second-order valence-electron chi connectivity index (χ2n) is 3.70. The van der Waals surface area contributed by atoms with E-state index in [9.17, 15) is 5.11 Å². The number of aromatic hydroxyl groups is 1. The first-order chi connectivity index (χ1) is 7.11. The van der Waals surface area contributed by atoms with Crippen LogP contribution in [0.15, 0.2) is 24.3 Å². The van der Waals surface area contributed by atoms with E-state index in [1.807, 2.05) is 32.9 Å². The van der Waals surface area contributed by atoms with E-state index in [1.165, 1.54) is 5.56 Å². The highest BCUT2D eigenvalue weighted by Crippen LogP contribution is 2.23. The predicted octanol–water partition coefficient (Wildman–Crippen LogP) is 2.50. The summed E-state index contributed by atoms with van der Waals surface area (Å²) in [5.74, 6) is 0.253. The van der Waals surface area contributed by atoms with Gasteiger partial charge in [0.25, 0.3) is 0 Å². The Labute approximate surface area is 89.0 Å². The average Bonchev–Trinajstić information content (AvgIpc) is 2.47. The second kappa shape index (κ2) is 3.42. The van der Waals surface area contributed by atoms with Crippen LogP contribution in [0.4, 0.5) is 0 Å². The lowest BCUT2D eigenvalue weighted by molar-refractivity contribution is 0.470. The van der Waals surface area contributed by atoms with Crippen LogP contribution in [0, 0.1) is 20.8 Å². The van der Waals surface area contributed by atoms with Crippen molar-refractivity contribution in [2.75, 3.05) is 0 Å². The molecule has 0 radical (unpaired) electrons. The van der Waals surface area contributed by atoms with Gasteiger partial charge >= 0.3 is 0 Å². The Kier molecular flexibility index (Phi) is 2.23. The zero-order valence-corrected chi connectivity index (χ0v) is 9.15. The molecule has 0 aliphatic rings. The van der Waals surface area contributed by atoms with Crippen molar-refractivity contribution in [2.24, 2.45) is 0 Å². The molecule has 0 saturated carbocycles. The Hall–Kier alpha value is -1.77. The minimum atomic E-state index is 0.253. The molecule has 1 N–H and O–H groups in total. The summed E-state index contributed by atoms with van der Waals surface area (Å²) in [6.45, 7) is 6.01. The number of aromatic nitrogens is 2. The first-order valence-corrected chi connectivity index (χ1v) is 4.92. The van der Waals surface area contributed by atoms with Crippen LogP contribution in [-0.2, 0) is 0 Å². The monoisotopic (exact) mass is 202 g/mol. The van der Waals surface area contributed by atoms with Crippen LogP contribution >= 0.6 is 0 Å². The highest BCUT2D eigenvalue weighted by molar-refractivity contribution is 5.47. The fourth-order valence-electron chi connectivity index (χ4n) is 1.60. The van der Waals surface area contributed by atoms with Crippen molar-refractivity contribution in [3.63, 3.8) is 0 Å². The lowest BCUT2D eigenvalue weighted by atomic mass is 10.2. The van der Waals surface area contributed by atoms with Crippen molar-refractivity contribution >= 4 is 0 Å². The molecule has 2 rings (SSSR count). The molecule has 78 valence electrons. The minimum Gasteiger partial charge on any atom is -0.506 e. The van der Waals surface area contributed by atoms with Gasteiger partial charge in [-0.05, 0) is 38.5 Å². The number of hydrogen-bond donors (Lipinski definition) is 1. The first-order valence-electron chi connectivity index (χ1n) is 4.92. The summed E-state index contributed by atoms with van der Waals surface area (Å²) < 4.78 is 1.78. The maximum atomic E-state index is 9.73. The summed E-state index contributed by atoms with van der Waals surface area (Å²) in [4.78, 5) is 0. The largest absolute Gasteiger partial charge is 0.506 e. The van der Waals surface area contributed by atoms with Crippen LogP contribution in [-0.4, -0.2) is 14.9 Å². The van der Waals surface area contributed by atoms with Crippen molar-refractivity contribution in [3.8, 4) is 11.4 Å². The Morgan fingerprint density at radius 1 is 1.13 bits per heavy atom. The maximum absolute atomic E-state index is 9.73. The number of phenolic OH excluding ortho intramolecular Hbond substituents is 1. The van der Waals surface area contributed by atoms with Crippen LogP contribution in [0.2, 0.25) is 0 Å². The Morgan fingerprint density at radius 2 is 1.80 bits per heavy atom. The van der Waals surface area contributed by atoms with Gasteiger partial charge in [-0.15, -0.1) is 0 Å². The van der Waals surface area contributed by atoms with E-state index in [2.05, 4.69) is 5.10 Å². The van der Waals surface area contributed by atoms with E-state index >= 15 is 0 Å². The minimum absolute atomic E-state index is 0.253. The van der Waals surface area contributed by atoms with Gasteiger partial charge in [-0.3, -0.25) is 0 Å². The van der Waals surface area contributed by atoms with Gasteiger partial charge in [-0.1, -0.05) is 12.1 Å². The van der Waals surface area contributed by atoms with E-state index in [-0.39, 0.29) is 5.75 Å².